The summed E-state index contributed by atoms with van der Waals surface area (Å²) >= 11 is 0.525. The van der Waals surface area contributed by atoms with Crippen molar-refractivity contribution in [3.8, 4) is 0 Å². The summed E-state index contributed by atoms with van der Waals surface area (Å²) in [5.74, 6) is 0. The molecular weight excluding hydrogens is 269 g/mol. The van der Waals surface area contributed by atoms with Crippen LogP contribution in [-0.2, 0) is 26.1 Å². The second kappa shape index (κ2) is 1.64. The fourth-order valence-corrected chi connectivity index (χ4v) is 0.732. The van der Waals surface area contributed by atoms with Crippen LogP contribution in [0.4, 0.5) is 0 Å². The second-order valence-corrected chi connectivity index (χ2v) is 3.29. The first-order chi connectivity index (χ1) is 2.89. The number of hydrogen-bond donors (Lipinski definition) is 1. The van der Waals surface area contributed by atoms with E-state index in [0.29, 0.717) is 26.1 Å². The monoisotopic (exact) mass is 271 g/mol. The molecule has 0 aliphatic rings. The molecule has 5 heteroatoms. The van der Waals surface area contributed by atoms with Gasteiger partial charge in [0.25, 0.3) is 0 Å². The predicted octanol–water partition coefficient (Wildman–Crippen LogP) is -1.63. The van der Waals surface area contributed by atoms with E-state index in [1.807, 2.05) is 0 Å². The summed E-state index contributed by atoms with van der Waals surface area (Å²) in [5, 5.41) is 13.0. The molecule has 0 amide bonds. The van der Waals surface area contributed by atoms with Crippen LogP contribution < -0.4 is 3.33 Å². The Morgan fingerprint density at radius 2 is 2.50 bits per heavy atom. The van der Waals surface area contributed by atoms with Gasteiger partial charge in [-0.3, -0.25) is 0 Å². The number of H-pyrrole nitrogens is 1. The van der Waals surface area contributed by atoms with Crippen LogP contribution in [0, 0.1) is 0 Å². The predicted molar refractivity (Wildman–Crippen MR) is 13.8 cm³/mol. The minimum absolute atomic E-state index is 0.525. The molecule has 0 fully saturated rings. The molecule has 1 aromatic rings. The van der Waals surface area contributed by atoms with E-state index >= 15 is 0 Å². The molecule has 0 aliphatic carbocycles. The maximum absolute atomic E-state index is 3.66. The van der Waals surface area contributed by atoms with Gasteiger partial charge in [-0.05, 0) is 0 Å². The summed E-state index contributed by atoms with van der Waals surface area (Å²) in [5.41, 5.74) is 0. The Kier molecular flexibility index (Phi) is 1.14. The SMILES string of the molecule is [Hg][c]1nn[nH]n1. The molecule has 1 heterocycles. The van der Waals surface area contributed by atoms with E-state index in [-0.39, 0.29) is 0 Å². The van der Waals surface area contributed by atoms with E-state index in [4.69, 9.17) is 0 Å². The van der Waals surface area contributed by atoms with Gasteiger partial charge in [0.15, 0.2) is 0 Å². The van der Waals surface area contributed by atoms with Crippen molar-refractivity contribution in [1.29, 1.82) is 0 Å². The normalized spacial score (nSPS) is 9.00. The van der Waals surface area contributed by atoms with Gasteiger partial charge in [-0.15, -0.1) is 0 Å². The van der Waals surface area contributed by atoms with Gasteiger partial charge in [-0.1, -0.05) is 0 Å². The quantitative estimate of drug-likeness (QED) is 0.576. The molecule has 0 aliphatic heterocycles. The van der Waals surface area contributed by atoms with Crippen LogP contribution in [0.1, 0.15) is 0 Å². The van der Waals surface area contributed by atoms with Crippen LogP contribution in [0.2, 0.25) is 0 Å². The van der Waals surface area contributed by atoms with Crippen molar-refractivity contribution in [3.63, 3.8) is 0 Å². The molecule has 6 heavy (non-hydrogen) atoms. The van der Waals surface area contributed by atoms with Crippen LogP contribution in [0.25, 0.3) is 0 Å². The number of hydrogen-bond acceptors (Lipinski definition) is 3. The van der Waals surface area contributed by atoms with Gasteiger partial charge in [-0.25, -0.2) is 0 Å². The Morgan fingerprint density at radius 3 is 2.67 bits per heavy atom. The standard InChI is InChI=1S/CHN4.Hg/c1-2-4-5-3-1;/h(H,2,3,4,5);. The number of nitrogens with zero attached hydrogens (tertiary/aromatic N) is 3. The van der Waals surface area contributed by atoms with Crippen LogP contribution in [0.3, 0.4) is 0 Å². The molecule has 1 aromatic heterocycles. The first-order valence-corrected chi connectivity index (χ1v) is 4.20. The van der Waals surface area contributed by atoms with Gasteiger partial charge in [-0.2, -0.15) is 0 Å². The molecule has 0 aromatic carbocycles. The zero-order valence-electron chi connectivity index (χ0n) is 3.05. The molecule has 0 saturated carbocycles. The molecule has 0 atom stereocenters. The average Bonchev–Trinajstić information content (AvgIpc) is 1.86. The molecule has 27 valence electrons. The first kappa shape index (κ1) is 4.17. The molecule has 1 N–H and O–H groups in total. The molecule has 1 rings (SSSR count). The Hall–Kier alpha value is 0.00506. The third kappa shape index (κ3) is 0.737. The Balaban J connectivity index is 3.05. The van der Waals surface area contributed by atoms with Crippen LogP contribution in [0.15, 0.2) is 0 Å². The van der Waals surface area contributed by atoms with Crippen molar-refractivity contribution >= 4 is 3.33 Å². The number of nitrogens with one attached hydrogen (secondary N) is 1. The Morgan fingerprint density at radius 1 is 1.67 bits per heavy atom. The van der Waals surface area contributed by atoms with Gasteiger partial charge in [0.05, 0.1) is 0 Å². The van der Waals surface area contributed by atoms with E-state index in [2.05, 4.69) is 20.6 Å². The third-order valence-electron chi connectivity index (χ3n) is 0.389. The molecule has 0 bridgehead atoms. The summed E-state index contributed by atoms with van der Waals surface area (Å²) < 4.78 is 0.870. The summed E-state index contributed by atoms with van der Waals surface area (Å²) in [6.07, 6.45) is 0. The number of aromatic nitrogens is 4. The number of tetrazole rings is 1. The van der Waals surface area contributed by atoms with Crippen molar-refractivity contribution in [2.75, 3.05) is 0 Å². The fourth-order valence-electron chi connectivity index (χ4n) is 0.183. The van der Waals surface area contributed by atoms with Crippen molar-refractivity contribution < 1.29 is 26.1 Å². The van der Waals surface area contributed by atoms with Crippen molar-refractivity contribution in [3.05, 3.63) is 0 Å². The third-order valence-corrected chi connectivity index (χ3v) is 1.55. The topological polar surface area (TPSA) is 54.5 Å². The van der Waals surface area contributed by atoms with Crippen LogP contribution >= 0.6 is 0 Å². The maximum atomic E-state index is 3.66. The van der Waals surface area contributed by atoms with Crippen molar-refractivity contribution in [2.45, 2.75) is 0 Å². The van der Waals surface area contributed by atoms with Gasteiger partial charge in [0.1, 0.15) is 0 Å². The molecule has 0 spiro atoms. The first-order valence-electron chi connectivity index (χ1n) is 1.45. The molecular formula is CHHgN4. The fraction of sp³-hybridized carbons (Fsp3) is 0. The Labute approximate surface area is 50.3 Å². The zero-order chi connectivity index (χ0) is 4.41. The van der Waals surface area contributed by atoms with Crippen molar-refractivity contribution in [1.82, 2.24) is 20.6 Å². The van der Waals surface area contributed by atoms with E-state index in [0.717, 1.165) is 3.33 Å². The summed E-state index contributed by atoms with van der Waals surface area (Å²) in [6, 6.07) is 0. The number of aromatic amines is 1. The van der Waals surface area contributed by atoms with Gasteiger partial charge in [0, 0.05) is 0 Å². The molecule has 0 unspecified atom stereocenters. The van der Waals surface area contributed by atoms with Crippen LogP contribution in [-0.4, -0.2) is 20.6 Å². The van der Waals surface area contributed by atoms with E-state index in [9.17, 15) is 0 Å². The van der Waals surface area contributed by atoms with E-state index in [1.54, 1.807) is 0 Å². The van der Waals surface area contributed by atoms with Gasteiger partial charge in [0.2, 0.25) is 0 Å². The summed E-state index contributed by atoms with van der Waals surface area (Å²) in [7, 11) is 0. The molecule has 0 saturated heterocycles. The van der Waals surface area contributed by atoms with Gasteiger partial charge < -0.3 is 0 Å². The Bertz CT molecular complexity index is 111. The number of rotatable bonds is 0. The van der Waals surface area contributed by atoms with Crippen LogP contribution in [0.5, 0.6) is 0 Å². The minimum atomic E-state index is 0.525. The summed E-state index contributed by atoms with van der Waals surface area (Å²) in [6.45, 7) is 0. The van der Waals surface area contributed by atoms with Crippen molar-refractivity contribution in [2.24, 2.45) is 0 Å². The zero-order valence-corrected chi connectivity index (χ0v) is 8.55. The molecule has 4 nitrogen and oxygen atoms in total. The second-order valence-electron chi connectivity index (χ2n) is 0.828. The molecule has 0 radical (unpaired) electrons. The van der Waals surface area contributed by atoms with E-state index in [1.165, 1.54) is 0 Å². The van der Waals surface area contributed by atoms with Gasteiger partial charge >= 0.3 is 50.1 Å². The summed E-state index contributed by atoms with van der Waals surface area (Å²) in [4.78, 5) is 0. The van der Waals surface area contributed by atoms with E-state index < -0.39 is 0 Å². The average molecular weight is 270 g/mol.